The van der Waals surface area contributed by atoms with Crippen molar-refractivity contribution in [1.29, 1.82) is 0 Å². The molecule has 0 saturated carbocycles. The van der Waals surface area contributed by atoms with Crippen LogP contribution in [0.3, 0.4) is 0 Å². The minimum Gasteiger partial charge on any atom is -0.493 e. The minimum atomic E-state index is -4.07. The number of methoxy groups -OCH3 is 1. The van der Waals surface area contributed by atoms with E-state index in [0.29, 0.717) is 0 Å². The van der Waals surface area contributed by atoms with Crippen molar-refractivity contribution in [3.05, 3.63) is 29.1 Å². The molecule has 2 saturated heterocycles. The first kappa shape index (κ1) is 17.6. The maximum Gasteiger partial charge on any atom is 0.338 e. The zero-order valence-electron chi connectivity index (χ0n) is 13.4. The van der Waals surface area contributed by atoms with Gasteiger partial charge in [-0.25, -0.2) is 13.9 Å². The molecule has 0 atom stereocenters. The Morgan fingerprint density at radius 2 is 1.72 bits per heavy atom. The van der Waals surface area contributed by atoms with E-state index >= 15 is 0 Å². The highest BCUT2D eigenvalue weighted by atomic mass is 32.2. The van der Waals surface area contributed by atoms with E-state index in [4.69, 9.17) is 9.84 Å². The van der Waals surface area contributed by atoms with Crippen molar-refractivity contribution < 1.29 is 32.2 Å². The molecule has 0 aromatic heterocycles. The quantitative estimate of drug-likeness (QED) is 0.801. The van der Waals surface area contributed by atoms with Gasteiger partial charge in [-0.3, -0.25) is 4.79 Å². The van der Waals surface area contributed by atoms with Gasteiger partial charge in [-0.1, -0.05) is 0 Å². The lowest BCUT2D eigenvalue weighted by atomic mass is 10.0. The van der Waals surface area contributed by atoms with Gasteiger partial charge in [0.15, 0.2) is 11.6 Å². The number of carbonyl (C=O) groups is 2. The summed E-state index contributed by atoms with van der Waals surface area (Å²) in [4.78, 5) is 23.3. The van der Waals surface area contributed by atoms with E-state index in [1.54, 1.807) is 0 Å². The molecule has 0 aliphatic carbocycles. The molecule has 10 heteroatoms. The molecule has 0 unspecified atom stereocenters. The number of halogens is 1. The number of nitrogens with one attached hydrogen (secondary N) is 1. The van der Waals surface area contributed by atoms with Crippen molar-refractivity contribution in [1.82, 2.24) is 9.03 Å². The van der Waals surface area contributed by atoms with Gasteiger partial charge in [0, 0.05) is 12.1 Å². The van der Waals surface area contributed by atoms with E-state index in [1.165, 1.54) is 4.31 Å². The second kappa shape index (κ2) is 6.26. The van der Waals surface area contributed by atoms with Gasteiger partial charge in [0.1, 0.15) is 0 Å². The standard InChI is InChI=1S/C15H17FN2O6S/c1-24-13-11(7-6-10(12(13)16)15(20)21)14(19)17-25(22,23)18-8-2-3-9(18)5-4-8/h6-9H,2-5H2,1H3,(H,17,19)(H,20,21). The first-order chi connectivity index (χ1) is 11.8. The maximum absolute atomic E-state index is 14.2. The van der Waals surface area contributed by atoms with Crippen molar-refractivity contribution in [3.63, 3.8) is 0 Å². The first-order valence-corrected chi connectivity index (χ1v) is 9.15. The van der Waals surface area contributed by atoms with E-state index in [-0.39, 0.29) is 17.6 Å². The predicted octanol–water partition coefficient (Wildman–Crippen LogP) is 1.13. The molecule has 8 nitrogen and oxygen atoms in total. The molecule has 2 fully saturated rings. The van der Waals surface area contributed by atoms with Crippen LogP contribution in [0.1, 0.15) is 46.4 Å². The molecular weight excluding hydrogens is 355 g/mol. The predicted molar refractivity (Wildman–Crippen MR) is 84.2 cm³/mol. The van der Waals surface area contributed by atoms with Crippen LogP contribution >= 0.6 is 0 Å². The maximum atomic E-state index is 14.2. The van der Waals surface area contributed by atoms with Crippen LogP contribution in [0, 0.1) is 5.82 Å². The summed E-state index contributed by atoms with van der Waals surface area (Å²) >= 11 is 0. The topological polar surface area (TPSA) is 113 Å². The van der Waals surface area contributed by atoms with Gasteiger partial charge in [0.05, 0.1) is 18.2 Å². The summed E-state index contributed by atoms with van der Waals surface area (Å²) in [6.07, 6.45) is 3.02. The summed E-state index contributed by atoms with van der Waals surface area (Å²) in [6, 6.07) is 1.67. The normalized spacial score (nSPS) is 22.8. The van der Waals surface area contributed by atoms with Gasteiger partial charge in [-0.2, -0.15) is 12.7 Å². The third-order valence-corrected chi connectivity index (χ3v) is 6.26. The number of carboxylic acids is 1. The third kappa shape index (κ3) is 2.95. The van der Waals surface area contributed by atoms with Gasteiger partial charge in [-0.15, -0.1) is 0 Å². The SMILES string of the molecule is COc1c(C(=O)NS(=O)(=O)N2C3CCC2CC3)ccc(C(=O)O)c1F. The molecule has 3 rings (SSSR count). The number of ether oxygens (including phenoxy) is 1. The van der Waals surface area contributed by atoms with E-state index in [9.17, 15) is 22.4 Å². The third-order valence-electron chi connectivity index (χ3n) is 4.66. The number of aromatic carboxylic acids is 1. The van der Waals surface area contributed by atoms with Crippen molar-refractivity contribution in [2.45, 2.75) is 37.8 Å². The van der Waals surface area contributed by atoms with Crippen LogP contribution in [0.2, 0.25) is 0 Å². The number of rotatable bonds is 5. The number of carbonyl (C=O) groups excluding carboxylic acids is 1. The summed E-state index contributed by atoms with van der Waals surface area (Å²) in [5.74, 6) is -4.44. The second-order valence-corrected chi connectivity index (χ2v) is 7.62. The Bertz CT molecular complexity index is 821. The number of benzene rings is 1. The monoisotopic (exact) mass is 372 g/mol. The molecule has 136 valence electrons. The van der Waals surface area contributed by atoms with Gasteiger partial charge < -0.3 is 9.84 Å². The van der Waals surface area contributed by atoms with Gasteiger partial charge >= 0.3 is 16.2 Å². The zero-order chi connectivity index (χ0) is 18.4. The lowest BCUT2D eigenvalue weighted by molar-refractivity contribution is 0.0690. The van der Waals surface area contributed by atoms with Crippen LogP contribution in [0.5, 0.6) is 5.75 Å². The fourth-order valence-corrected chi connectivity index (χ4v) is 5.24. The first-order valence-electron chi connectivity index (χ1n) is 7.71. The van der Waals surface area contributed by atoms with Crippen LogP contribution < -0.4 is 9.46 Å². The van der Waals surface area contributed by atoms with Crippen LogP contribution in [0.15, 0.2) is 12.1 Å². The summed E-state index contributed by atoms with van der Waals surface area (Å²) in [6.45, 7) is 0. The average Bonchev–Trinajstić information content (AvgIpc) is 3.14. The Morgan fingerprint density at radius 1 is 1.20 bits per heavy atom. The number of hydrogen-bond acceptors (Lipinski definition) is 5. The average molecular weight is 372 g/mol. The van der Waals surface area contributed by atoms with Crippen LogP contribution in [-0.4, -0.2) is 48.9 Å². The Labute approximate surface area is 143 Å². The fourth-order valence-electron chi connectivity index (χ4n) is 3.58. The molecule has 1 aromatic rings. The number of hydrogen-bond donors (Lipinski definition) is 2. The number of carboxylic acid groups (broad SMARTS) is 1. The Kier molecular flexibility index (Phi) is 4.41. The molecule has 0 spiro atoms. The number of amides is 1. The van der Waals surface area contributed by atoms with Crippen molar-refractivity contribution >= 4 is 22.1 Å². The summed E-state index contributed by atoms with van der Waals surface area (Å²) in [5, 5.41) is 8.91. The van der Waals surface area contributed by atoms with E-state index in [1.807, 2.05) is 4.72 Å². The van der Waals surface area contributed by atoms with Crippen molar-refractivity contribution in [2.24, 2.45) is 0 Å². The van der Waals surface area contributed by atoms with Crippen LogP contribution in [-0.2, 0) is 10.2 Å². The second-order valence-electron chi connectivity index (χ2n) is 6.04. The highest BCUT2D eigenvalue weighted by Crippen LogP contribution is 2.39. The molecule has 2 heterocycles. The van der Waals surface area contributed by atoms with Gasteiger partial charge in [0.25, 0.3) is 5.91 Å². The van der Waals surface area contributed by atoms with E-state index in [0.717, 1.165) is 44.9 Å². The smallest absolute Gasteiger partial charge is 0.338 e. The lowest BCUT2D eigenvalue weighted by Gasteiger charge is -2.21. The highest BCUT2D eigenvalue weighted by Gasteiger charge is 2.46. The molecule has 2 aliphatic heterocycles. The number of nitrogens with zero attached hydrogens (tertiary/aromatic N) is 1. The fraction of sp³-hybridized carbons (Fsp3) is 0.467. The summed E-state index contributed by atoms with van der Waals surface area (Å²) in [7, 11) is -3.00. The highest BCUT2D eigenvalue weighted by molar-refractivity contribution is 7.87. The summed E-state index contributed by atoms with van der Waals surface area (Å²) in [5.41, 5.74) is -1.06. The van der Waals surface area contributed by atoms with Crippen molar-refractivity contribution in [3.8, 4) is 5.75 Å². The van der Waals surface area contributed by atoms with Crippen LogP contribution in [0.25, 0.3) is 0 Å². The van der Waals surface area contributed by atoms with Gasteiger partial charge in [-0.05, 0) is 37.8 Å². The zero-order valence-corrected chi connectivity index (χ0v) is 14.2. The van der Waals surface area contributed by atoms with E-state index in [2.05, 4.69) is 0 Å². The van der Waals surface area contributed by atoms with Crippen molar-refractivity contribution in [2.75, 3.05) is 7.11 Å². The molecule has 2 aliphatic rings. The Balaban J connectivity index is 1.89. The molecule has 25 heavy (non-hydrogen) atoms. The largest absolute Gasteiger partial charge is 0.493 e. The molecule has 1 aromatic carbocycles. The van der Waals surface area contributed by atoms with Crippen LogP contribution in [0.4, 0.5) is 4.39 Å². The minimum absolute atomic E-state index is 0.122. The summed E-state index contributed by atoms with van der Waals surface area (Å²) < 4.78 is 47.2. The molecule has 2 N–H and O–H groups in total. The Morgan fingerprint density at radius 3 is 2.20 bits per heavy atom. The Hall–Kier alpha value is -2.20. The molecule has 2 bridgehead atoms. The molecule has 0 radical (unpaired) electrons. The number of fused-ring (bicyclic) bond motifs is 2. The molecular formula is C15H17FN2O6S. The molecule has 1 amide bonds. The van der Waals surface area contributed by atoms with Gasteiger partial charge in [0.2, 0.25) is 0 Å². The van der Waals surface area contributed by atoms with E-state index < -0.39 is 39.2 Å². The lowest BCUT2D eigenvalue weighted by Crippen LogP contribution is -2.45.